The molecule has 1 aromatic carbocycles. The van der Waals surface area contributed by atoms with E-state index in [1.165, 1.54) is 4.90 Å². The minimum absolute atomic E-state index is 0.0942. The van der Waals surface area contributed by atoms with E-state index in [1.807, 2.05) is 28.8 Å². The van der Waals surface area contributed by atoms with Crippen LogP contribution in [-0.4, -0.2) is 21.1 Å². The standard InChI is InChI=1S/C18H11N3O2/c19-9-15-12(10-20-8-4-3-7-16(15)20)11-21-17(22)13-5-1-2-6-14(13)18(21)23/h1-8,10H,11H2. The van der Waals surface area contributed by atoms with Crippen LogP contribution in [0.25, 0.3) is 5.52 Å². The van der Waals surface area contributed by atoms with Gasteiger partial charge in [-0.15, -0.1) is 0 Å². The number of nitriles is 1. The van der Waals surface area contributed by atoms with Crippen molar-refractivity contribution in [1.82, 2.24) is 9.30 Å². The molecule has 2 aromatic heterocycles. The van der Waals surface area contributed by atoms with Crippen LogP contribution in [0.15, 0.2) is 54.9 Å². The smallest absolute Gasteiger partial charge is 0.261 e. The van der Waals surface area contributed by atoms with Crippen molar-refractivity contribution < 1.29 is 9.59 Å². The third-order valence-corrected chi connectivity index (χ3v) is 4.08. The van der Waals surface area contributed by atoms with E-state index in [0.29, 0.717) is 22.3 Å². The second-order valence-corrected chi connectivity index (χ2v) is 5.38. The fourth-order valence-corrected chi connectivity index (χ4v) is 2.98. The molecule has 1 aliphatic rings. The normalized spacial score (nSPS) is 13.4. The van der Waals surface area contributed by atoms with Crippen molar-refractivity contribution in [1.29, 1.82) is 5.26 Å². The van der Waals surface area contributed by atoms with Gasteiger partial charge in [0.1, 0.15) is 6.07 Å². The lowest BCUT2D eigenvalue weighted by atomic mass is 10.1. The highest BCUT2D eigenvalue weighted by atomic mass is 16.2. The number of fused-ring (bicyclic) bond motifs is 2. The molecule has 3 aromatic rings. The Hall–Kier alpha value is -3.39. The van der Waals surface area contributed by atoms with Crippen LogP contribution in [0.2, 0.25) is 0 Å². The van der Waals surface area contributed by atoms with Crippen molar-refractivity contribution in [3.63, 3.8) is 0 Å². The minimum atomic E-state index is -0.315. The predicted molar refractivity (Wildman–Crippen MR) is 82.8 cm³/mol. The third kappa shape index (κ3) is 1.86. The highest BCUT2D eigenvalue weighted by Gasteiger charge is 2.35. The number of pyridine rings is 1. The molecule has 0 bridgehead atoms. The van der Waals surface area contributed by atoms with Crippen molar-refractivity contribution in [3.8, 4) is 6.07 Å². The largest absolute Gasteiger partial charge is 0.322 e. The lowest BCUT2D eigenvalue weighted by Gasteiger charge is -2.12. The zero-order valence-corrected chi connectivity index (χ0v) is 12.1. The van der Waals surface area contributed by atoms with E-state index in [0.717, 1.165) is 5.52 Å². The van der Waals surface area contributed by atoms with Gasteiger partial charge in [-0.05, 0) is 24.3 Å². The zero-order valence-electron chi connectivity index (χ0n) is 12.1. The number of nitrogens with zero attached hydrogens (tertiary/aromatic N) is 3. The van der Waals surface area contributed by atoms with Crippen molar-refractivity contribution in [2.24, 2.45) is 0 Å². The molecule has 0 N–H and O–H groups in total. The quantitative estimate of drug-likeness (QED) is 0.683. The van der Waals surface area contributed by atoms with E-state index in [2.05, 4.69) is 6.07 Å². The number of benzene rings is 1. The first-order valence-electron chi connectivity index (χ1n) is 7.14. The Morgan fingerprint density at radius 2 is 1.61 bits per heavy atom. The van der Waals surface area contributed by atoms with Gasteiger partial charge in [0.2, 0.25) is 0 Å². The summed E-state index contributed by atoms with van der Waals surface area (Å²) in [6.45, 7) is 0.0942. The number of rotatable bonds is 2. The van der Waals surface area contributed by atoms with Crippen molar-refractivity contribution >= 4 is 17.3 Å². The van der Waals surface area contributed by atoms with Gasteiger partial charge in [0.15, 0.2) is 0 Å². The summed E-state index contributed by atoms with van der Waals surface area (Å²) < 4.78 is 1.83. The maximum absolute atomic E-state index is 12.4. The topological polar surface area (TPSA) is 65.6 Å². The Morgan fingerprint density at radius 3 is 2.26 bits per heavy atom. The molecule has 110 valence electrons. The van der Waals surface area contributed by atoms with E-state index in [9.17, 15) is 14.9 Å². The molecule has 0 saturated carbocycles. The van der Waals surface area contributed by atoms with Gasteiger partial charge in [-0.3, -0.25) is 14.5 Å². The molecule has 0 saturated heterocycles. The monoisotopic (exact) mass is 301 g/mol. The number of carbonyl (C=O) groups excluding carboxylic acids is 2. The maximum Gasteiger partial charge on any atom is 0.261 e. The number of carbonyl (C=O) groups is 2. The maximum atomic E-state index is 12.4. The van der Waals surface area contributed by atoms with Gasteiger partial charge >= 0.3 is 0 Å². The molecule has 3 heterocycles. The van der Waals surface area contributed by atoms with Crippen molar-refractivity contribution in [2.45, 2.75) is 6.54 Å². The number of imide groups is 1. The number of aromatic nitrogens is 1. The Morgan fingerprint density at radius 1 is 0.957 bits per heavy atom. The Bertz CT molecular complexity index is 976. The van der Waals surface area contributed by atoms with Gasteiger partial charge < -0.3 is 4.40 Å². The molecule has 5 nitrogen and oxygen atoms in total. The van der Waals surface area contributed by atoms with E-state index < -0.39 is 0 Å². The average Bonchev–Trinajstić information content (AvgIpc) is 3.06. The third-order valence-electron chi connectivity index (χ3n) is 4.08. The number of hydrogen-bond donors (Lipinski definition) is 0. The van der Waals surface area contributed by atoms with Gasteiger partial charge in [-0.2, -0.15) is 5.26 Å². The molecule has 0 atom stereocenters. The summed E-state index contributed by atoms with van der Waals surface area (Å²) in [6.07, 6.45) is 3.62. The van der Waals surface area contributed by atoms with Gasteiger partial charge in [-0.25, -0.2) is 0 Å². The summed E-state index contributed by atoms with van der Waals surface area (Å²) in [6, 6.07) is 14.5. The van der Waals surface area contributed by atoms with Crippen LogP contribution in [0.5, 0.6) is 0 Å². The number of hydrogen-bond acceptors (Lipinski definition) is 3. The van der Waals surface area contributed by atoms with Crippen LogP contribution in [-0.2, 0) is 6.54 Å². The van der Waals surface area contributed by atoms with E-state index in [1.54, 1.807) is 30.5 Å². The Kier molecular flexibility index (Phi) is 2.78. The molecule has 0 fully saturated rings. The molecule has 4 rings (SSSR count). The summed E-state index contributed by atoms with van der Waals surface area (Å²) in [5, 5.41) is 9.43. The fourth-order valence-electron chi connectivity index (χ4n) is 2.98. The minimum Gasteiger partial charge on any atom is -0.322 e. The predicted octanol–water partition coefficient (Wildman–Crippen LogP) is 2.61. The van der Waals surface area contributed by atoms with Gasteiger partial charge in [0.25, 0.3) is 11.8 Å². The van der Waals surface area contributed by atoms with Crippen LogP contribution in [0.1, 0.15) is 31.8 Å². The van der Waals surface area contributed by atoms with Crippen LogP contribution in [0.3, 0.4) is 0 Å². The zero-order chi connectivity index (χ0) is 16.0. The highest BCUT2D eigenvalue weighted by molar-refractivity contribution is 6.21. The first-order chi connectivity index (χ1) is 11.2. The summed E-state index contributed by atoms with van der Waals surface area (Å²) >= 11 is 0. The second kappa shape index (κ2) is 4.82. The summed E-state index contributed by atoms with van der Waals surface area (Å²) in [5.41, 5.74) is 2.75. The van der Waals surface area contributed by atoms with E-state index in [4.69, 9.17) is 0 Å². The molecular formula is C18H11N3O2. The average molecular weight is 301 g/mol. The molecule has 2 amide bonds. The summed E-state index contributed by atoms with van der Waals surface area (Å²) in [5.74, 6) is -0.630. The molecule has 0 unspecified atom stereocenters. The van der Waals surface area contributed by atoms with Gasteiger partial charge in [-0.1, -0.05) is 18.2 Å². The molecule has 0 spiro atoms. The first kappa shape index (κ1) is 13.3. The second-order valence-electron chi connectivity index (χ2n) is 5.38. The van der Waals surface area contributed by atoms with Crippen LogP contribution >= 0.6 is 0 Å². The Balaban J connectivity index is 1.77. The fraction of sp³-hybridized carbons (Fsp3) is 0.0556. The van der Waals surface area contributed by atoms with Crippen LogP contribution in [0.4, 0.5) is 0 Å². The molecule has 0 radical (unpaired) electrons. The van der Waals surface area contributed by atoms with Gasteiger partial charge in [0.05, 0.1) is 28.8 Å². The van der Waals surface area contributed by atoms with E-state index >= 15 is 0 Å². The first-order valence-corrected chi connectivity index (χ1v) is 7.14. The number of amides is 2. The molecule has 0 aliphatic carbocycles. The highest BCUT2D eigenvalue weighted by Crippen LogP contribution is 2.26. The Labute approximate surface area is 132 Å². The van der Waals surface area contributed by atoms with Crippen molar-refractivity contribution in [3.05, 3.63) is 77.1 Å². The van der Waals surface area contributed by atoms with E-state index in [-0.39, 0.29) is 18.4 Å². The molecule has 23 heavy (non-hydrogen) atoms. The van der Waals surface area contributed by atoms with Crippen LogP contribution in [0, 0.1) is 11.3 Å². The molecular weight excluding hydrogens is 290 g/mol. The molecule has 1 aliphatic heterocycles. The molecule has 5 heteroatoms. The summed E-state index contributed by atoms with van der Waals surface area (Å²) in [7, 11) is 0. The van der Waals surface area contributed by atoms with Gasteiger partial charge in [0, 0.05) is 18.0 Å². The lowest BCUT2D eigenvalue weighted by Crippen LogP contribution is -2.29. The SMILES string of the molecule is N#Cc1c(CN2C(=O)c3ccccc3C2=O)cn2ccccc12. The van der Waals surface area contributed by atoms with Crippen molar-refractivity contribution in [2.75, 3.05) is 0 Å². The van der Waals surface area contributed by atoms with Crippen LogP contribution < -0.4 is 0 Å². The lowest BCUT2D eigenvalue weighted by molar-refractivity contribution is 0.0642. The summed E-state index contributed by atoms with van der Waals surface area (Å²) in [4.78, 5) is 26.1.